The van der Waals surface area contributed by atoms with E-state index in [-0.39, 0.29) is 45.2 Å². The summed E-state index contributed by atoms with van der Waals surface area (Å²) in [4.78, 5) is 26.7. The first-order valence-electron chi connectivity index (χ1n) is 16.1. The molecule has 2 bridgehead atoms. The van der Waals surface area contributed by atoms with Crippen LogP contribution in [0.4, 0.5) is 10.2 Å². The molecular formula is C36H33FN6O4S. The predicted molar refractivity (Wildman–Crippen MR) is 180 cm³/mol. The fraction of sp³-hybridized carbons (Fsp3) is 0.278. The molecule has 2 aromatic carbocycles. The number of aromatic nitrogens is 5. The van der Waals surface area contributed by atoms with Gasteiger partial charge in [0.15, 0.2) is 11.5 Å². The first-order valence-corrected chi connectivity index (χ1v) is 17.5. The fourth-order valence-electron chi connectivity index (χ4n) is 7.61. The zero-order valence-corrected chi connectivity index (χ0v) is 26.9. The summed E-state index contributed by atoms with van der Waals surface area (Å²) in [7, 11) is -4.13. The monoisotopic (exact) mass is 664 g/mol. The highest BCUT2D eigenvalue weighted by Crippen LogP contribution is 2.47. The van der Waals surface area contributed by atoms with E-state index in [4.69, 9.17) is 9.97 Å². The van der Waals surface area contributed by atoms with Gasteiger partial charge in [-0.1, -0.05) is 48.0 Å². The van der Waals surface area contributed by atoms with Crippen molar-refractivity contribution in [1.82, 2.24) is 23.5 Å². The van der Waals surface area contributed by atoms with Gasteiger partial charge >= 0.3 is 5.97 Å². The summed E-state index contributed by atoms with van der Waals surface area (Å²) in [5, 5.41) is 14.8. The first kappa shape index (κ1) is 30.2. The molecule has 2 N–H and O–H groups in total. The second-order valence-electron chi connectivity index (χ2n) is 13.0. The summed E-state index contributed by atoms with van der Waals surface area (Å²) in [6.07, 6.45) is 7.96. The molecule has 3 aliphatic carbocycles. The van der Waals surface area contributed by atoms with Gasteiger partial charge in [-0.05, 0) is 74.3 Å². The molecule has 0 saturated heterocycles. The molecule has 2 unspecified atom stereocenters. The van der Waals surface area contributed by atoms with Crippen LogP contribution in [-0.4, -0.2) is 49.0 Å². The normalized spacial score (nSPS) is 20.8. The van der Waals surface area contributed by atoms with Gasteiger partial charge in [0.2, 0.25) is 0 Å². The summed E-state index contributed by atoms with van der Waals surface area (Å²) in [6, 6.07) is 19.2. The molecule has 244 valence electrons. The van der Waals surface area contributed by atoms with Crippen molar-refractivity contribution in [2.24, 2.45) is 17.8 Å². The van der Waals surface area contributed by atoms with Gasteiger partial charge in [-0.3, -0.25) is 4.79 Å². The van der Waals surface area contributed by atoms with Crippen molar-refractivity contribution in [2.45, 2.75) is 50.1 Å². The largest absolute Gasteiger partial charge is 0.481 e. The quantitative estimate of drug-likeness (QED) is 0.189. The number of hydrogen-bond donors (Lipinski definition) is 2. The lowest BCUT2D eigenvalue weighted by atomic mass is 9.61. The highest BCUT2D eigenvalue weighted by molar-refractivity contribution is 7.90. The number of halogens is 1. The average Bonchev–Trinajstić information content (AvgIpc) is 3.67. The van der Waals surface area contributed by atoms with Gasteiger partial charge in [0, 0.05) is 35.9 Å². The van der Waals surface area contributed by atoms with Crippen LogP contribution >= 0.6 is 0 Å². The van der Waals surface area contributed by atoms with Crippen LogP contribution in [0.25, 0.3) is 33.5 Å². The molecular weight excluding hydrogens is 631 g/mol. The Labute approximate surface area is 276 Å². The summed E-state index contributed by atoms with van der Waals surface area (Å²) >= 11 is 0. The van der Waals surface area contributed by atoms with Gasteiger partial charge in [-0.15, -0.1) is 0 Å². The highest BCUT2D eigenvalue weighted by atomic mass is 32.2. The van der Waals surface area contributed by atoms with Crippen molar-refractivity contribution >= 4 is 43.9 Å². The van der Waals surface area contributed by atoms with Crippen molar-refractivity contribution in [3.63, 3.8) is 0 Å². The number of pyridine rings is 1. The summed E-state index contributed by atoms with van der Waals surface area (Å²) in [5.74, 6) is -1.13. The van der Waals surface area contributed by atoms with Crippen LogP contribution in [-0.2, 0) is 21.4 Å². The predicted octanol–water partition coefficient (Wildman–Crippen LogP) is 6.48. The van der Waals surface area contributed by atoms with E-state index in [0.29, 0.717) is 23.4 Å². The van der Waals surface area contributed by atoms with Crippen LogP contribution in [0, 0.1) is 30.5 Å². The lowest BCUT2D eigenvalue weighted by Gasteiger charge is -2.47. The average molecular weight is 665 g/mol. The molecule has 9 rings (SSSR count). The molecule has 3 fully saturated rings. The van der Waals surface area contributed by atoms with E-state index in [9.17, 15) is 22.7 Å². The van der Waals surface area contributed by atoms with Crippen LogP contribution in [0.15, 0.2) is 90.2 Å². The zero-order valence-electron chi connectivity index (χ0n) is 26.1. The molecule has 0 radical (unpaired) electrons. The highest BCUT2D eigenvalue weighted by Gasteiger charge is 2.47. The molecule has 6 aromatic rings. The second kappa shape index (κ2) is 11.6. The maximum Gasteiger partial charge on any atom is 0.308 e. The number of hydrogen-bond acceptors (Lipinski definition) is 7. The third kappa shape index (κ3) is 5.11. The van der Waals surface area contributed by atoms with Crippen LogP contribution in [0.5, 0.6) is 0 Å². The minimum Gasteiger partial charge on any atom is -0.481 e. The summed E-state index contributed by atoms with van der Waals surface area (Å²) < 4.78 is 45.7. The smallest absolute Gasteiger partial charge is 0.308 e. The standard InChI is InChI=1S/C36H33FN6O4S/c1-21-7-13-26(14-8-21)48(46,47)43-20-29(28-17-25(37)18-38-34(28)43)33-40-32(39-31-24-11-9-23(10-12-24)30(31)36(44)45)27-15-16-42(35(27)41-33)19-22-5-3-2-4-6-22/h2-8,13-18,20,23-24,30-31H,9-12,19H2,1H3,(H,44,45)(H,39,40,41). The molecule has 48 heavy (non-hydrogen) atoms. The third-order valence-corrected chi connectivity index (χ3v) is 11.7. The van der Waals surface area contributed by atoms with Gasteiger partial charge in [0.25, 0.3) is 10.0 Å². The Morgan fingerprint density at radius 3 is 2.42 bits per heavy atom. The van der Waals surface area contributed by atoms with E-state index in [1.165, 1.54) is 24.4 Å². The molecule has 4 aromatic heterocycles. The van der Waals surface area contributed by atoms with E-state index < -0.39 is 27.7 Å². The molecule has 0 amide bonds. The Balaban J connectivity index is 1.32. The van der Waals surface area contributed by atoms with E-state index in [2.05, 4.69) is 10.3 Å². The number of benzene rings is 2. The van der Waals surface area contributed by atoms with E-state index >= 15 is 0 Å². The van der Waals surface area contributed by atoms with Gasteiger partial charge in [-0.25, -0.2) is 31.7 Å². The first-order chi connectivity index (χ1) is 23.2. The molecule has 3 saturated carbocycles. The summed E-state index contributed by atoms with van der Waals surface area (Å²) in [5.41, 5.74) is 2.85. The lowest BCUT2D eigenvalue weighted by Crippen LogP contribution is -2.51. The number of nitrogens with zero attached hydrogens (tertiary/aromatic N) is 5. The van der Waals surface area contributed by atoms with Gasteiger partial charge in [0.1, 0.15) is 17.3 Å². The van der Waals surface area contributed by atoms with Crippen molar-refractivity contribution in [3.8, 4) is 11.4 Å². The van der Waals surface area contributed by atoms with Crippen LogP contribution in [0.2, 0.25) is 0 Å². The molecule has 4 heterocycles. The van der Waals surface area contributed by atoms with Gasteiger partial charge in [0.05, 0.1) is 22.4 Å². The Morgan fingerprint density at radius 2 is 1.69 bits per heavy atom. The molecule has 0 aliphatic heterocycles. The number of carbonyl (C=O) groups is 1. The second-order valence-corrected chi connectivity index (χ2v) is 14.8. The Bertz CT molecular complexity index is 2290. The number of aryl methyl sites for hydroxylation is 1. The maximum absolute atomic E-state index is 14.8. The number of aliphatic carboxylic acids is 1. The number of carboxylic acids is 1. The van der Waals surface area contributed by atoms with Crippen molar-refractivity contribution < 1.29 is 22.7 Å². The minimum absolute atomic E-state index is 0.0420. The zero-order chi connectivity index (χ0) is 33.2. The Morgan fingerprint density at radius 1 is 0.958 bits per heavy atom. The van der Waals surface area contributed by atoms with E-state index in [1.807, 2.05) is 54.1 Å². The Kier molecular flexibility index (Phi) is 7.28. The lowest BCUT2D eigenvalue weighted by molar-refractivity contribution is -0.148. The third-order valence-electron chi connectivity index (χ3n) is 10.0. The van der Waals surface area contributed by atoms with Gasteiger partial charge in [-0.2, -0.15) is 0 Å². The minimum atomic E-state index is -4.13. The van der Waals surface area contributed by atoms with E-state index in [0.717, 1.165) is 47.0 Å². The molecule has 10 nitrogen and oxygen atoms in total. The number of fused-ring (bicyclic) bond motifs is 5. The maximum atomic E-state index is 14.8. The van der Waals surface area contributed by atoms with Crippen molar-refractivity contribution in [2.75, 3.05) is 5.32 Å². The van der Waals surface area contributed by atoms with E-state index in [1.54, 1.807) is 12.1 Å². The van der Waals surface area contributed by atoms with Gasteiger partial charge < -0.3 is 15.0 Å². The SMILES string of the molecule is Cc1ccc(S(=O)(=O)n2cc(-c3nc(NC4C5CCC(CC5)C4C(=O)O)c4ccn(Cc5ccccc5)c4n3)c3cc(F)cnc32)cc1. The molecule has 0 spiro atoms. The molecule has 2 atom stereocenters. The summed E-state index contributed by atoms with van der Waals surface area (Å²) in [6.45, 7) is 2.37. The van der Waals surface area contributed by atoms with Crippen molar-refractivity contribution in [1.29, 1.82) is 0 Å². The number of carboxylic acid groups (broad SMARTS) is 1. The molecule has 12 heteroatoms. The number of rotatable bonds is 8. The van der Waals surface area contributed by atoms with Crippen LogP contribution < -0.4 is 5.32 Å². The van der Waals surface area contributed by atoms with Crippen LogP contribution in [0.3, 0.4) is 0 Å². The van der Waals surface area contributed by atoms with Crippen molar-refractivity contribution in [3.05, 3.63) is 102 Å². The topological polar surface area (TPSA) is 132 Å². The van der Waals surface area contributed by atoms with Crippen LogP contribution in [0.1, 0.15) is 36.8 Å². The molecule has 3 aliphatic rings. The number of anilines is 1. The number of nitrogens with one attached hydrogen (secondary N) is 1. The Hall–Kier alpha value is -5.10. The fourth-order valence-corrected chi connectivity index (χ4v) is 8.94.